The molecule has 1 aliphatic rings. The van der Waals surface area contributed by atoms with E-state index in [1.54, 1.807) is 29.2 Å². The van der Waals surface area contributed by atoms with Crippen molar-refractivity contribution in [2.45, 2.75) is 31.2 Å². The molecule has 2 amide bonds. The zero-order chi connectivity index (χ0) is 17.6. The number of nitrogens with one attached hydrogen (secondary N) is 1. The van der Waals surface area contributed by atoms with Gasteiger partial charge in [0.05, 0.1) is 12.5 Å². The number of nitrogens with zero attached hydrogens (tertiary/aromatic N) is 1. The summed E-state index contributed by atoms with van der Waals surface area (Å²) in [6.07, 6.45) is 4.39. The van der Waals surface area contributed by atoms with Crippen LogP contribution in [-0.4, -0.2) is 35.1 Å². The number of furan rings is 1. The number of carbonyl (C=O) groups excluding carboxylic acids is 2. The molecule has 0 saturated carbocycles. The normalized spacial score (nSPS) is 19.8. The first-order valence-electron chi connectivity index (χ1n) is 8.47. The van der Waals surface area contributed by atoms with E-state index in [0.29, 0.717) is 18.7 Å². The van der Waals surface area contributed by atoms with Crippen molar-refractivity contribution < 1.29 is 14.0 Å². The van der Waals surface area contributed by atoms with Crippen molar-refractivity contribution in [2.24, 2.45) is 0 Å². The van der Waals surface area contributed by atoms with Crippen LogP contribution in [0.3, 0.4) is 0 Å². The van der Waals surface area contributed by atoms with Gasteiger partial charge < -0.3 is 14.6 Å². The summed E-state index contributed by atoms with van der Waals surface area (Å²) in [6, 6.07) is 11.4. The highest BCUT2D eigenvalue weighted by Gasteiger charge is 2.41. The van der Waals surface area contributed by atoms with Crippen LogP contribution in [0.4, 0.5) is 0 Å². The summed E-state index contributed by atoms with van der Waals surface area (Å²) in [6.45, 7) is 2.39. The fourth-order valence-corrected chi connectivity index (χ4v) is 4.39. The van der Waals surface area contributed by atoms with Crippen LogP contribution < -0.4 is 5.32 Å². The molecule has 1 aromatic carbocycles. The average Bonchev–Trinajstić information content (AvgIpc) is 3.31. The molecule has 2 aromatic rings. The first-order chi connectivity index (χ1) is 12.2. The van der Waals surface area contributed by atoms with E-state index in [4.69, 9.17) is 4.42 Å². The molecular formula is C19H22N2O3S. The number of benzene rings is 1. The fraction of sp³-hybridized carbons (Fsp3) is 0.368. The Bertz CT molecular complexity index is 703. The SMILES string of the molecule is CCC(=O)N1C(C(=O)NCCc2ccccc2)CSC1c1ccoc1. The third-order valence-electron chi connectivity index (χ3n) is 4.28. The highest BCUT2D eigenvalue weighted by Crippen LogP contribution is 2.41. The predicted octanol–water partition coefficient (Wildman–Crippen LogP) is 2.99. The fourth-order valence-electron chi connectivity index (χ4n) is 2.96. The molecule has 1 fully saturated rings. The van der Waals surface area contributed by atoms with Crippen LogP contribution >= 0.6 is 11.8 Å². The van der Waals surface area contributed by atoms with Gasteiger partial charge >= 0.3 is 0 Å². The number of carbonyl (C=O) groups is 2. The minimum atomic E-state index is -0.437. The minimum Gasteiger partial charge on any atom is -0.472 e. The van der Waals surface area contributed by atoms with Gasteiger partial charge in [-0.3, -0.25) is 9.59 Å². The molecular weight excluding hydrogens is 336 g/mol. The molecule has 2 atom stereocenters. The maximum Gasteiger partial charge on any atom is 0.243 e. The number of hydrogen-bond donors (Lipinski definition) is 1. The molecule has 5 nitrogen and oxygen atoms in total. The van der Waals surface area contributed by atoms with Gasteiger partial charge in [-0.2, -0.15) is 0 Å². The summed E-state index contributed by atoms with van der Waals surface area (Å²) in [4.78, 5) is 26.8. The lowest BCUT2D eigenvalue weighted by molar-refractivity contribution is -0.139. The second-order valence-corrected chi connectivity index (χ2v) is 7.05. The van der Waals surface area contributed by atoms with Crippen LogP contribution in [0, 0.1) is 0 Å². The molecule has 0 bridgehead atoms. The standard InChI is InChI=1S/C19H22N2O3S/c1-2-17(22)21-16(13-25-19(21)15-9-11-24-12-15)18(23)20-10-8-14-6-4-3-5-7-14/h3-7,9,11-12,16,19H,2,8,10,13H2,1H3,(H,20,23). The predicted molar refractivity (Wildman–Crippen MR) is 98.0 cm³/mol. The van der Waals surface area contributed by atoms with Gasteiger partial charge in [0, 0.05) is 24.3 Å². The Labute approximate surface area is 151 Å². The van der Waals surface area contributed by atoms with Gasteiger partial charge in [0.1, 0.15) is 11.4 Å². The van der Waals surface area contributed by atoms with Crippen molar-refractivity contribution in [3.8, 4) is 0 Å². The molecule has 0 spiro atoms. The second-order valence-electron chi connectivity index (χ2n) is 5.94. The van der Waals surface area contributed by atoms with Gasteiger partial charge in [-0.25, -0.2) is 0 Å². The molecule has 2 unspecified atom stereocenters. The molecule has 0 aliphatic carbocycles. The molecule has 3 rings (SSSR count). The van der Waals surface area contributed by atoms with E-state index in [1.807, 2.05) is 43.3 Å². The van der Waals surface area contributed by atoms with Crippen LogP contribution in [0.25, 0.3) is 0 Å². The van der Waals surface area contributed by atoms with Crippen LogP contribution in [-0.2, 0) is 16.0 Å². The lowest BCUT2D eigenvalue weighted by Gasteiger charge is -2.28. The highest BCUT2D eigenvalue weighted by molar-refractivity contribution is 7.99. The topological polar surface area (TPSA) is 62.6 Å². The quantitative estimate of drug-likeness (QED) is 0.862. The number of amides is 2. The van der Waals surface area contributed by atoms with Crippen molar-refractivity contribution >= 4 is 23.6 Å². The van der Waals surface area contributed by atoms with Crippen molar-refractivity contribution in [1.82, 2.24) is 10.2 Å². The van der Waals surface area contributed by atoms with E-state index in [9.17, 15) is 9.59 Å². The molecule has 6 heteroatoms. The molecule has 132 valence electrons. The van der Waals surface area contributed by atoms with E-state index in [1.165, 1.54) is 5.56 Å². The highest BCUT2D eigenvalue weighted by atomic mass is 32.2. The van der Waals surface area contributed by atoms with Gasteiger partial charge in [0.25, 0.3) is 0 Å². The van der Waals surface area contributed by atoms with Crippen LogP contribution in [0.15, 0.2) is 53.3 Å². The number of hydrogen-bond acceptors (Lipinski definition) is 4. The maximum atomic E-state index is 12.6. The summed E-state index contributed by atoms with van der Waals surface area (Å²) in [7, 11) is 0. The van der Waals surface area contributed by atoms with Crippen molar-refractivity contribution in [3.05, 3.63) is 60.1 Å². The molecule has 2 heterocycles. The Balaban J connectivity index is 1.63. The Hall–Kier alpha value is -2.21. The first-order valence-corrected chi connectivity index (χ1v) is 9.52. The van der Waals surface area contributed by atoms with Crippen molar-refractivity contribution in [3.63, 3.8) is 0 Å². The number of thioether (sulfide) groups is 1. The van der Waals surface area contributed by atoms with E-state index in [0.717, 1.165) is 12.0 Å². The molecule has 1 N–H and O–H groups in total. The Kier molecular flexibility index (Phi) is 5.81. The van der Waals surface area contributed by atoms with Crippen LogP contribution in [0.1, 0.15) is 29.8 Å². The largest absolute Gasteiger partial charge is 0.472 e. The monoisotopic (exact) mass is 358 g/mol. The molecule has 25 heavy (non-hydrogen) atoms. The molecule has 1 saturated heterocycles. The third-order valence-corrected chi connectivity index (χ3v) is 5.60. The Morgan fingerprint density at radius 3 is 2.76 bits per heavy atom. The zero-order valence-corrected chi connectivity index (χ0v) is 15.0. The lowest BCUT2D eigenvalue weighted by atomic mass is 10.1. The van der Waals surface area contributed by atoms with Gasteiger partial charge in [0.15, 0.2) is 0 Å². The Morgan fingerprint density at radius 2 is 2.08 bits per heavy atom. The summed E-state index contributed by atoms with van der Waals surface area (Å²) < 4.78 is 5.15. The molecule has 1 aromatic heterocycles. The third kappa shape index (κ3) is 4.07. The second kappa shape index (κ2) is 8.25. The molecule has 1 aliphatic heterocycles. The van der Waals surface area contributed by atoms with Gasteiger partial charge in [-0.05, 0) is 18.1 Å². The smallest absolute Gasteiger partial charge is 0.243 e. The van der Waals surface area contributed by atoms with Gasteiger partial charge in [0.2, 0.25) is 11.8 Å². The zero-order valence-electron chi connectivity index (χ0n) is 14.2. The Morgan fingerprint density at radius 1 is 1.28 bits per heavy atom. The summed E-state index contributed by atoms with van der Waals surface area (Å²) in [5.41, 5.74) is 2.10. The van der Waals surface area contributed by atoms with E-state index in [2.05, 4.69) is 5.32 Å². The van der Waals surface area contributed by atoms with Crippen molar-refractivity contribution in [1.29, 1.82) is 0 Å². The lowest BCUT2D eigenvalue weighted by Crippen LogP contribution is -2.48. The van der Waals surface area contributed by atoms with Crippen LogP contribution in [0.2, 0.25) is 0 Å². The number of rotatable bonds is 6. The van der Waals surface area contributed by atoms with Crippen LogP contribution in [0.5, 0.6) is 0 Å². The van der Waals surface area contributed by atoms with E-state index < -0.39 is 6.04 Å². The summed E-state index contributed by atoms with van der Waals surface area (Å²) in [5, 5.41) is 2.82. The summed E-state index contributed by atoms with van der Waals surface area (Å²) >= 11 is 1.60. The summed E-state index contributed by atoms with van der Waals surface area (Å²) in [5.74, 6) is 0.495. The van der Waals surface area contributed by atoms with Gasteiger partial charge in [-0.1, -0.05) is 37.3 Å². The van der Waals surface area contributed by atoms with Gasteiger partial charge in [-0.15, -0.1) is 11.8 Å². The maximum absolute atomic E-state index is 12.6. The first kappa shape index (κ1) is 17.6. The van der Waals surface area contributed by atoms with E-state index in [-0.39, 0.29) is 17.2 Å². The molecule has 0 radical (unpaired) electrons. The van der Waals surface area contributed by atoms with Crippen molar-refractivity contribution in [2.75, 3.05) is 12.3 Å². The van der Waals surface area contributed by atoms with E-state index >= 15 is 0 Å². The minimum absolute atomic E-state index is 0.0144. The average molecular weight is 358 g/mol.